The van der Waals surface area contributed by atoms with Gasteiger partial charge < -0.3 is 11.1 Å². The molecule has 1 aromatic carbocycles. The first-order chi connectivity index (χ1) is 9.46. The minimum absolute atomic E-state index is 0.160. The maximum atomic E-state index is 13.3. The molecule has 0 bridgehead atoms. The summed E-state index contributed by atoms with van der Waals surface area (Å²) in [5.74, 6) is 0.122. The van der Waals surface area contributed by atoms with Crippen molar-refractivity contribution in [2.24, 2.45) is 11.7 Å². The number of aryl methyl sites for hydroxylation is 1. The summed E-state index contributed by atoms with van der Waals surface area (Å²) < 4.78 is 13.3. The van der Waals surface area contributed by atoms with Gasteiger partial charge in [-0.05, 0) is 49.4 Å². The number of nitrogens with two attached hydrogens (primary N) is 1. The third-order valence-electron chi connectivity index (χ3n) is 4.28. The van der Waals surface area contributed by atoms with Gasteiger partial charge >= 0.3 is 0 Å². The maximum absolute atomic E-state index is 13.3. The Hall–Kier alpha value is -1.42. The lowest BCUT2D eigenvalue weighted by atomic mass is 9.76. The van der Waals surface area contributed by atoms with Gasteiger partial charge in [0.05, 0.1) is 5.54 Å². The summed E-state index contributed by atoms with van der Waals surface area (Å²) in [5.41, 5.74) is 6.58. The minimum Gasteiger partial charge on any atom is -0.345 e. The van der Waals surface area contributed by atoms with Crippen LogP contribution in [0, 0.1) is 18.7 Å². The van der Waals surface area contributed by atoms with Crippen LogP contribution in [0.5, 0.6) is 0 Å². The summed E-state index contributed by atoms with van der Waals surface area (Å²) in [5, 5.41) is 3.09. The molecule has 1 aliphatic rings. The Balaban J connectivity index is 2.14. The van der Waals surface area contributed by atoms with Crippen molar-refractivity contribution in [2.45, 2.75) is 45.1 Å². The van der Waals surface area contributed by atoms with E-state index in [9.17, 15) is 9.18 Å². The molecule has 0 saturated heterocycles. The van der Waals surface area contributed by atoms with Gasteiger partial charge in [-0.2, -0.15) is 0 Å². The third-order valence-corrected chi connectivity index (χ3v) is 4.28. The average molecular weight is 278 g/mol. The molecule has 0 radical (unpaired) electrons. The topological polar surface area (TPSA) is 55.1 Å². The highest BCUT2D eigenvalue weighted by Crippen LogP contribution is 2.31. The molecule has 0 aromatic heterocycles. The number of halogens is 1. The summed E-state index contributed by atoms with van der Waals surface area (Å²) in [6.07, 6.45) is 4.10. The molecule has 0 aliphatic heterocycles. The van der Waals surface area contributed by atoms with Crippen LogP contribution in [0.3, 0.4) is 0 Å². The van der Waals surface area contributed by atoms with E-state index in [0.717, 1.165) is 19.3 Å². The molecule has 1 fully saturated rings. The fourth-order valence-electron chi connectivity index (χ4n) is 3.11. The van der Waals surface area contributed by atoms with Gasteiger partial charge in [0.15, 0.2) is 0 Å². The fourth-order valence-corrected chi connectivity index (χ4v) is 3.11. The molecular formula is C16H23FN2O. The number of carbonyl (C=O) groups excluding carboxylic acids is 1. The van der Waals surface area contributed by atoms with E-state index in [4.69, 9.17) is 5.73 Å². The predicted octanol–water partition coefficient (Wildman–Crippen LogP) is 2.77. The Bertz CT molecular complexity index is 503. The highest BCUT2D eigenvalue weighted by atomic mass is 19.1. The number of benzene rings is 1. The molecule has 3 N–H and O–H groups in total. The van der Waals surface area contributed by atoms with E-state index in [0.29, 0.717) is 23.6 Å². The van der Waals surface area contributed by atoms with Crippen LogP contribution in [-0.4, -0.2) is 18.0 Å². The van der Waals surface area contributed by atoms with E-state index in [1.807, 2.05) is 0 Å². The number of carbonyl (C=O) groups is 1. The molecule has 1 saturated carbocycles. The van der Waals surface area contributed by atoms with Crippen LogP contribution in [0.4, 0.5) is 4.39 Å². The summed E-state index contributed by atoms with van der Waals surface area (Å²) >= 11 is 0. The molecule has 1 aromatic rings. The first-order valence-electron chi connectivity index (χ1n) is 7.24. The minimum atomic E-state index is -0.308. The zero-order valence-electron chi connectivity index (χ0n) is 12.2. The molecule has 20 heavy (non-hydrogen) atoms. The van der Waals surface area contributed by atoms with Crippen LogP contribution in [-0.2, 0) is 0 Å². The van der Waals surface area contributed by atoms with Crippen molar-refractivity contribution < 1.29 is 9.18 Å². The zero-order chi connectivity index (χ0) is 14.8. The number of hydrogen-bond acceptors (Lipinski definition) is 2. The molecule has 1 aliphatic carbocycles. The first kappa shape index (κ1) is 15.0. The summed E-state index contributed by atoms with van der Waals surface area (Å²) in [7, 11) is 0. The van der Waals surface area contributed by atoms with Crippen molar-refractivity contribution in [3.8, 4) is 0 Å². The smallest absolute Gasteiger partial charge is 0.251 e. The van der Waals surface area contributed by atoms with Crippen molar-refractivity contribution >= 4 is 5.91 Å². The van der Waals surface area contributed by atoms with Crippen molar-refractivity contribution in [1.29, 1.82) is 0 Å². The van der Waals surface area contributed by atoms with Gasteiger partial charge in [0.2, 0.25) is 0 Å². The molecule has 4 heteroatoms. The number of rotatable bonds is 3. The molecular weight excluding hydrogens is 255 g/mol. The Morgan fingerprint density at radius 3 is 2.90 bits per heavy atom. The van der Waals surface area contributed by atoms with Crippen LogP contribution >= 0.6 is 0 Å². The number of amides is 1. The maximum Gasteiger partial charge on any atom is 0.251 e. The van der Waals surface area contributed by atoms with Gasteiger partial charge in [-0.25, -0.2) is 4.39 Å². The third kappa shape index (κ3) is 3.18. The van der Waals surface area contributed by atoms with Crippen molar-refractivity contribution in [2.75, 3.05) is 6.54 Å². The summed E-state index contributed by atoms with van der Waals surface area (Å²) in [6.45, 7) is 4.30. The Labute approximate surface area is 119 Å². The lowest BCUT2D eigenvalue weighted by Crippen LogP contribution is -2.56. The largest absolute Gasteiger partial charge is 0.345 e. The summed E-state index contributed by atoms with van der Waals surface area (Å²) in [4.78, 5) is 12.4. The monoisotopic (exact) mass is 278 g/mol. The van der Waals surface area contributed by atoms with Gasteiger partial charge in [-0.3, -0.25) is 4.79 Å². The van der Waals surface area contributed by atoms with Gasteiger partial charge in [-0.1, -0.05) is 19.8 Å². The second-order valence-corrected chi connectivity index (χ2v) is 6.10. The normalized spacial score (nSPS) is 26.3. The number of nitrogens with one attached hydrogen (secondary N) is 1. The molecule has 3 nitrogen and oxygen atoms in total. The second-order valence-electron chi connectivity index (χ2n) is 6.10. The van der Waals surface area contributed by atoms with Crippen LogP contribution in [0.2, 0.25) is 0 Å². The first-order valence-corrected chi connectivity index (χ1v) is 7.24. The molecule has 0 heterocycles. The Morgan fingerprint density at radius 1 is 1.55 bits per heavy atom. The molecule has 2 unspecified atom stereocenters. The van der Waals surface area contributed by atoms with Crippen LogP contribution < -0.4 is 11.1 Å². The van der Waals surface area contributed by atoms with E-state index in [-0.39, 0.29) is 17.3 Å². The van der Waals surface area contributed by atoms with Gasteiger partial charge in [0, 0.05) is 12.1 Å². The van der Waals surface area contributed by atoms with E-state index in [1.54, 1.807) is 13.0 Å². The quantitative estimate of drug-likeness (QED) is 0.893. The average Bonchev–Trinajstić information content (AvgIpc) is 2.41. The van der Waals surface area contributed by atoms with E-state index >= 15 is 0 Å². The molecule has 110 valence electrons. The van der Waals surface area contributed by atoms with Crippen LogP contribution in [0.1, 0.15) is 48.5 Å². The van der Waals surface area contributed by atoms with Crippen molar-refractivity contribution in [3.63, 3.8) is 0 Å². The van der Waals surface area contributed by atoms with E-state index in [2.05, 4.69) is 12.2 Å². The highest BCUT2D eigenvalue weighted by molar-refractivity contribution is 5.94. The van der Waals surface area contributed by atoms with Gasteiger partial charge in [0.1, 0.15) is 5.82 Å². The molecule has 2 atom stereocenters. The van der Waals surface area contributed by atoms with Crippen molar-refractivity contribution in [1.82, 2.24) is 5.32 Å². The predicted molar refractivity (Wildman–Crippen MR) is 78.0 cm³/mol. The zero-order valence-corrected chi connectivity index (χ0v) is 12.2. The highest BCUT2D eigenvalue weighted by Gasteiger charge is 2.35. The summed E-state index contributed by atoms with van der Waals surface area (Å²) in [6, 6.07) is 4.44. The fraction of sp³-hybridized carbons (Fsp3) is 0.562. The molecule has 0 spiro atoms. The van der Waals surface area contributed by atoms with Crippen molar-refractivity contribution in [3.05, 3.63) is 35.1 Å². The molecule has 2 rings (SSSR count). The van der Waals surface area contributed by atoms with E-state index in [1.165, 1.54) is 18.6 Å². The lowest BCUT2D eigenvalue weighted by molar-refractivity contribution is 0.0853. The Morgan fingerprint density at radius 2 is 2.30 bits per heavy atom. The standard InChI is InChI=1S/C16H23FN2O/c1-11-4-3-7-16(9-11,10-18)19-15(20)13-5-6-14(17)12(2)8-13/h5-6,8,11H,3-4,7,9-10,18H2,1-2H3,(H,19,20). The number of hydrogen-bond donors (Lipinski definition) is 2. The van der Waals surface area contributed by atoms with Crippen LogP contribution in [0.15, 0.2) is 18.2 Å². The Kier molecular flexibility index (Phi) is 4.43. The van der Waals surface area contributed by atoms with Gasteiger partial charge in [-0.15, -0.1) is 0 Å². The van der Waals surface area contributed by atoms with Gasteiger partial charge in [0.25, 0.3) is 5.91 Å². The second kappa shape index (κ2) is 5.92. The molecule has 1 amide bonds. The lowest BCUT2D eigenvalue weighted by Gasteiger charge is -2.40. The van der Waals surface area contributed by atoms with Crippen LogP contribution in [0.25, 0.3) is 0 Å². The SMILES string of the molecule is Cc1cc(C(=O)NC2(CN)CCCC(C)C2)ccc1F. The van der Waals surface area contributed by atoms with E-state index < -0.39 is 0 Å².